The molecule has 1 aromatic rings. The summed E-state index contributed by atoms with van der Waals surface area (Å²) < 4.78 is 5.27. The van der Waals surface area contributed by atoms with Crippen molar-refractivity contribution in [2.45, 2.75) is 45.1 Å². The van der Waals surface area contributed by atoms with Crippen molar-refractivity contribution in [2.24, 2.45) is 5.92 Å². The van der Waals surface area contributed by atoms with E-state index >= 15 is 0 Å². The molecular formula is C16H22ClNO2. The van der Waals surface area contributed by atoms with Gasteiger partial charge in [0.25, 0.3) is 0 Å². The Morgan fingerprint density at radius 3 is 2.70 bits per heavy atom. The lowest BCUT2D eigenvalue weighted by Crippen LogP contribution is -2.38. The quantitative estimate of drug-likeness (QED) is 0.922. The summed E-state index contributed by atoms with van der Waals surface area (Å²) in [4.78, 5) is 12.1. The Hall–Kier alpha value is -1.22. The van der Waals surface area contributed by atoms with E-state index in [1.807, 2.05) is 6.07 Å². The Labute approximate surface area is 125 Å². The number of carbonyl (C=O) groups is 1. The molecule has 1 N–H and O–H groups in total. The van der Waals surface area contributed by atoms with Gasteiger partial charge in [-0.2, -0.15) is 0 Å². The lowest BCUT2D eigenvalue weighted by atomic mass is 9.87. The molecule has 3 nitrogen and oxygen atoms in total. The predicted octanol–water partition coefficient (Wildman–Crippen LogP) is 3.59. The fourth-order valence-corrected chi connectivity index (χ4v) is 2.88. The van der Waals surface area contributed by atoms with E-state index in [0.717, 1.165) is 24.3 Å². The summed E-state index contributed by atoms with van der Waals surface area (Å²) in [5.41, 5.74) is 0.874. The van der Waals surface area contributed by atoms with Gasteiger partial charge in [0.1, 0.15) is 5.75 Å². The first-order chi connectivity index (χ1) is 9.58. The van der Waals surface area contributed by atoms with Gasteiger partial charge in [-0.05, 0) is 43.7 Å². The number of methoxy groups -OCH3 is 1. The molecule has 1 aliphatic rings. The minimum Gasteiger partial charge on any atom is -0.496 e. The molecule has 0 bridgehead atoms. The molecule has 0 heterocycles. The average molecular weight is 296 g/mol. The highest BCUT2D eigenvalue weighted by atomic mass is 35.5. The normalized spacial score (nSPS) is 22.4. The molecule has 0 aliphatic heterocycles. The van der Waals surface area contributed by atoms with Crippen molar-refractivity contribution < 1.29 is 9.53 Å². The maximum Gasteiger partial charge on any atom is 0.224 e. The zero-order valence-electron chi connectivity index (χ0n) is 12.1. The number of carbonyl (C=O) groups excluding carboxylic acids is 1. The summed E-state index contributed by atoms with van der Waals surface area (Å²) in [5.74, 6) is 1.52. The van der Waals surface area contributed by atoms with Gasteiger partial charge in [-0.25, -0.2) is 0 Å². The van der Waals surface area contributed by atoms with Crippen LogP contribution < -0.4 is 10.1 Å². The van der Waals surface area contributed by atoms with Crippen molar-refractivity contribution in [3.05, 3.63) is 28.8 Å². The Morgan fingerprint density at radius 2 is 2.05 bits per heavy atom. The van der Waals surface area contributed by atoms with Crippen LogP contribution in [-0.4, -0.2) is 19.1 Å². The fraction of sp³-hybridized carbons (Fsp3) is 0.562. The second-order valence-corrected chi connectivity index (χ2v) is 6.09. The smallest absolute Gasteiger partial charge is 0.224 e. The van der Waals surface area contributed by atoms with Gasteiger partial charge in [-0.1, -0.05) is 24.6 Å². The molecule has 4 heteroatoms. The number of benzene rings is 1. The SMILES string of the molecule is COc1cc(Cl)ccc1CC(=O)NC1CCC(C)CC1. The van der Waals surface area contributed by atoms with E-state index in [9.17, 15) is 4.79 Å². The van der Waals surface area contributed by atoms with Gasteiger partial charge in [0, 0.05) is 16.6 Å². The number of halogens is 1. The molecule has 1 saturated carbocycles. The standard InChI is InChI=1S/C16H22ClNO2/c1-11-3-7-14(8-4-11)18-16(19)9-12-5-6-13(17)10-15(12)20-2/h5-6,10-11,14H,3-4,7-9H2,1-2H3,(H,18,19). The summed E-state index contributed by atoms with van der Waals surface area (Å²) >= 11 is 5.92. The van der Waals surface area contributed by atoms with Crippen molar-refractivity contribution >= 4 is 17.5 Å². The number of rotatable bonds is 4. The average Bonchev–Trinajstić information content (AvgIpc) is 2.43. The molecule has 0 aromatic heterocycles. The Bertz CT molecular complexity index is 468. The largest absolute Gasteiger partial charge is 0.496 e. The lowest BCUT2D eigenvalue weighted by molar-refractivity contribution is -0.121. The molecule has 0 unspecified atom stereocenters. The second kappa shape index (κ2) is 6.98. The Balaban J connectivity index is 1.91. The molecule has 0 atom stereocenters. The van der Waals surface area contributed by atoms with E-state index in [1.54, 1.807) is 19.2 Å². The van der Waals surface area contributed by atoms with Gasteiger partial charge >= 0.3 is 0 Å². The van der Waals surface area contributed by atoms with Crippen LogP contribution in [0.15, 0.2) is 18.2 Å². The van der Waals surface area contributed by atoms with E-state index in [-0.39, 0.29) is 5.91 Å². The summed E-state index contributed by atoms with van der Waals surface area (Å²) in [5, 5.41) is 3.74. The van der Waals surface area contributed by atoms with Crippen LogP contribution in [0.1, 0.15) is 38.2 Å². The van der Waals surface area contributed by atoms with Crippen LogP contribution in [0.25, 0.3) is 0 Å². The van der Waals surface area contributed by atoms with Crippen molar-refractivity contribution in [1.82, 2.24) is 5.32 Å². The van der Waals surface area contributed by atoms with Gasteiger partial charge in [0.15, 0.2) is 0 Å². The fourth-order valence-electron chi connectivity index (χ4n) is 2.72. The van der Waals surface area contributed by atoms with E-state index in [0.29, 0.717) is 23.2 Å². The maximum atomic E-state index is 12.1. The highest BCUT2D eigenvalue weighted by Crippen LogP contribution is 2.25. The zero-order chi connectivity index (χ0) is 14.5. The number of amides is 1. The minimum absolute atomic E-state index is 0.0603. The van der Waals surface area contributed by atoms with Crippen molar-refractivity contribution in [3.8, 4) is 5.75 Å². The Kier molecular flexibility index (Phi) is 5.30. The van der Waals surface area contributed by atoms with Gasteiger partial charge in [-0.3, -0.25) is 4.79 Å². The predicted molar refractivity (Wildman–Crippen MR) is 81.3 cm³/mol. The van der Waals surface area contributed by atoms with Crippen molar-refractivity contribution in [2.75, 3.05) is 7.11 Å². The molecule has 1 aromatic carbocycles. The highest BCUT2D eigenvalue weighted by molar-refractivity contribution is 6.30. The van der Waals surface area contributed by atoms with E-state index < -0.39 is 0 Å². The van der Waals surface area contributed by atoms with Gasteiger partial charge in [0.05, 0.1) is 13.5 Å². The van der Waals surface area contributed by atoms with Gasteiger partial charge in [-0.15, -0.1) is 0 Å². The van der Waals surface area contributed by atoms with Crippen molar-refractivity contribution in [3.63, 3.8) is 0 Å². The molecule has 20 heavy (non-hydrogen) atoms. The molecule has 110 valence electrons. The summed E-state index contributed by atoms with van der Waals surface area (Å²) in [6.07, 6.45) is 4.92. The molecule has 1 fully saturated rings. The lowest BCUT2D eigenvalue weighted by Gasteiger charge is -2.27. The molecular weight excluding hydrogens is 274 g/mol. The molecule has 0 radical (unpaired) electrons. The molecule has 2 rings (SSSR count). The first kappa shape index (κ1) is 15.2. The van der Waals surface area contributed by atoms with Crippen LogP contribution in [-0.2, 0) is 11.2 Å². The topological polar surface area (TPSA) is 38.3 Å². The number of ether oxygens (including phenoxy) is 1. The summed E-state index contributed by atoms with van der Waals surface area (Å²) in [6.45, 7) is 2.27. The third kappa shape index (κ3) is 4.14. The molecule has 1 amide bonds. The first-order valence-corrected chi connectivity index (χ1v) is 7.58. The number of nitrogens with one attached hydrogen (secondary N) is 1. The zero-order valence-corrected chi connectivity index (χ0v) is 12.9. The van der Waals surface area contributed by atoms with Crippen LogP contribution in [0, 0.1) is 5.92 Å². The highest BCUT2D eigenvalue weighted by Gasteiger charge is 2.20. The molecule has 0 saturated heterocycles. The number of hydrogen-bond acceptors (Lipinski definition) is 2. The van der Waals surface area contributed by atoms with Crippen LogP contribution in [0.4, 0.5) is 0 Å². The Morgan fingerprint density at radius 1 is 1.35 bits per heavy atom. The van der Waals surface area contributed by atoms with Crippen LogP contribution in [0.2, 0.25) is 5.02 Å². The summed E-state index contributed by atoms with van der Waals surface area (Å²) in [7, 11) is 1.59. The van der Waals surface area contributed by atoms with Gasteiger partial charge in [0.2, 0.25) is 5.91 Å². The minimum atomic E-state index is 0.0603. The maximum absolute atomic E-state index is 12.1. The molecule has 0 spiro atoms. The monoisotopic (exact) mass is 295 g/mol. The van der Waals surface area contributed by atoms with Crippen LogP contribution >= 0.6 is 11.6 Å². The number of hydrogen-bond donors (Lipinski definition) is 1. The van der Waals surface area contributed by atoms with Crippen LogP contribution in [0.3, 0.4) is 0 Å². The molecule has 1 aliphatic carbocycles. The third-order valence-electron chi connectivity index (χ3n) is 3.98. The van der Waals surface area contributed by atoms with E-state index in [4.69, 9.17) is 16.3 Å². The van der Waals surface area contributed by atoms with Crippen LogP contribution in [0.5, 0.6) is 5.75 Å². The van der Waals surface area contributed by atoms with E-state index in [1.165, 1.54) is 12.8 Å². The summed E-state index contributed by atoms with van der Waals surface area (Å²) in [6, 6.07) is 5.71. The van der Waals surface area contributed by atoms with E-state index in [2.05, 4.69) is 12.2 Å². The second-order valence-electron chi connectivity index (χ2n) is 5.66. The third-order valence-corrected chi connectivity index (χ3v) is 4.22. The first-order valence-electron chi connectivity index (χ1n) is 7.20. The van der Waals surface area contributed by atoms with Gasteiger partial charge < -0.3 is 10.1 Å². The van der Waals surface area contributed by atoms with Crippen molar-refractivity contribution in [1.29, 1.82) is 0 Å².